The van der Waals surface area contributed by atoms with Crippen LogP contribution in [0.15, 0.2) is 30.6 Å². The highest BCUT2D eigenvalue weighted by molar-refractivity contribution is 5.89. The summed E-state index contributed by atoms with van der Waals surface area (Å²) in [4.78, 5) is 34.1. The molecule has 0 saturated carbocycles. The second-order valence-electron chi connectivity index (χ2n) is 7.42. The van der Waals surface area contributed by atoms with Crippen LogP contribution in [-0.2, 0) is 4.74 Å². The van der Waals surface area contributed by atoms with E-state index in [1.807, 2.05) is 0 Å². The van der Waals surface area contributed by atoms with Crippen molar-refractivity contribution in [1.29, 1.82) is 0 Å². The van der Waals surface area contributed by atoms with Gasteiger partial charge in [0.2, 0.25) is 0 Å². The molecule has 0 radical (unpaired) electrons. The van der Waals surface area contributed by atoms with Gasteiger partial charge in [-0.05, 0) is 37.4 Å². The molecule has 1 fully saturated rings. The number of nitrogens with zero attached hydrogens (tertiary/aromatic N) is 4. The Hall–Kier alpha value is -2.78. The first-order chi connectivity index (χ1) is 14.0. The van der Waals surface area contributed by atoms with E-state index in [2.05, 4.69) is 27.1 Å². The highest BCUT2D eigenvalue weighted by Gasteiger charge is 2.36. The molecule has 4 rings (SSSR count). The van der Waals surface area contributed by atoms with E-state index in [1.165, 1.54) is 30.6 Å². The zero-order valence-corrected chi connectivity index (χ0v) is 17.4. The number of rotatable bonds is 4. The molecular weight excluding hydrogens is 410 g/mol. The average Bonchev–Trinajstić information content (AvgIpc) is 2.90. The Labute approximate surface area is 180 Å². The minimum Gasteiger partial charge on any atom is -0.452 e. The normalized spacial score (nSPS) is 20.6. The summed E-state index contributed by atoms with van der Waals surface area (Å²) in [6, 6.07) is 5.43. The van der Waals surface area contributed by atoms with Gasteiger partial charge in [-0.2, -0.15) is 0 Å². The molecule has 1 saturated heterocycles. The molecule has 2 heterocycles. The van der Waals surface area contributed by atoms with Gasteiger partial charge in [0.05, 0.1) is 16.2 Å². The zero-order valence-electron chi connectivity index (χ0n) is 16.6. The third-order valence-electron chi connectivity index (χ3n) is 5.46. The van der Waals surface area contributed by atoms with Crippen molar-refractivity contribution in [3.8, 4) is 0 Å². The van der Waals surface area contributed by atoms with Gasteiger partial charge in [-0.15, -0.1) is 12.4 Å². The smallest absolute Gasteiger partial charge is 0.338 e. The van der Waals surface area contributed by atoms with E-state index >= 15 is 0 Å². The number of non-ortho nitro benzene ring substituents is 1. The number of ether oxygens (including phenoxy) is 1. The lowest BCUT2D eigenvalue weighted by Crippen LogP contribution is -2.30. The molecule has 2 aliphatic rings. The summed E-state index contributed by atoms with van der Waals surface area (Å²) in [7, 11) is 0. The van der Waals surface area contributed by atoms with E-state index in [4.69, 9.17) is 4.74 Å². The van der Waals surface area contributed by atoms with E-state index in [-0.39, 0.29) is 29.6 Å². The fourth-order valence-electron chi connectivity index (χ4n) is 4.01. The molecule has 0 spiro atoms. The van der Waals surface area contributed by atoms with Crippen LogP contribution in [0.5, 0.6) is 0 Å². The molecule has 0 unspecified atom stereocenters. The summed E-state index contributed by atoms with van der Waals surface area (Å²) in [5.41, 5.74) is 2.03. The van der Waals surface area contributed by atoms with Gasteiger partial charge >= 0.3 is 5.97 Å². The van der Waals surface area contributed by atoms with Crippen molar-refractivity contribution in [2.24, 2.45) is 0 Å². The summed E-state index contributed by atoms with van der Waals surface area (Å²) >= 11 is 0. The number of nitro benzene ring substituents is 1. The summed E-state index contributed by atoms with van der Waals surface area (Å²) in [5.74, 6) is 0.594. The Morgan fingerprint density at radius 1 is 1.23 bits per heavy atom. The van der Waals surface area contributed by atoms with E-state index < -0.39 is 17.0 Å². The predicted octanol–water partition coefficient (Wildman–Crippen LogP) is 3.01. The molecule has 9 nitrogen and oxygen atoms in total. The van der Waals surface area contributed by atoms with Crippen LogP contribution in [0.1, 0.15) is 53.4 Å². The Balaban J connectivity index is 0.00000256. The van der Waals surface area contributed by atoms with Gasteiger partial charge in [-0.25, -0.2) is 14.8 Å². The van der Waals surface area contributed by atoms with Gasteiger partial charge in [0, 0.05) is 37.3 Å². The minimum absolute atomic E-state index is 0. The van der Waals surface area contributed by atoms with Crippen LogP contribution in [0.3, 0.4) is 0 Å². The van der Waals surface area contributed by atoms with Gasteiger partial charge in [-0.1, -0.05) is 6.92 Å². The monoisotopic (exact) mass is 433 g/mol. The van der Waals surface area contributed by atoms with E-state index in [0.29, 0.717) is 6.42 Å². The fourth-order valence-corrected chi connectivity index (χ4v) is 4.01. The Bertz CT molecular complexity index is 916. The molecule has 1 aromatic heterocycles. The first-order valence-corrected chi connectivity index (χ1v) is 9.80. The zero-order chi connectivity index (χ0) is 20.4. The van der Waals surface area contributed by atoms with Crippen LogP contribution in [0.4, 0.5) is 11.5 Å². The molecule has 1 N–H and O–H groups in total. The van der Waals surface area contributed by atoms with Crippen LogP contribution in [-0.4, -0.2) is 47.0 Å². The van der Waals surface area contributed by atoms with E-state index in [1.54, 1.807) is 0 Å². The Morgan fingerprint density at radius 2 is 2.00 bits per heavy atom. The molecule has 0 bridgehead atoms. The number of nitrogens with one attached hydrogen (secondary N) is 1. The Kier molecular flexibility index (Phi) is 6.84. The number of hydrogen-bond donors (Lipinski definition) is 1. The number of carbonyl (C=O) groups is 1. The third-order valence-corrected chi connectivity index (χ3v) is 5.46. The molecule has 160 valence electrons. The van der Waals surface area contributed by atoms with Crippen molar-refractivity contribution in [1.82, 2.24) is 15.3 Å². The van der Waals surface area contributed by atoms with Crippen molar-refractivity contribution in [3.05, 3.63) is 57.5 Å². The maximum absolute atomic E-state index is 12.6. The molecule has 2 atom stereocenters. The van der Waals surface area contributed by atoms with Crippen molar-refractivity contribution in [3.63, 3.8) is 0 Å². The number of fused-ring (bicyclic) bond motifs is 1. The summed E-state index contributed by atoms with van der Waals surface area (Å²) in [5, 5.41) is 14.2. The molecule has 2 aromatic rings. The fraction of sp³-hybridized carbons (Fsp3) is 0.450. The van der Waals surface area contributed by atoms with E-state index in [9.17, 15) is 14.9 Å². The second-order valence-corrected chi connectivity index (χ2v) is 7.42. The number of nitro groups is 1. The van der Waals surface area contributed by atoms with Gasteiger partial charge in [0.15, 0.2) is 0 Å². The van der Waals surface area contributed by atoms with Crippen LogP contribution in [0, 0.1) is 10.1 Å². The predicted molar refractivity (Wildman–Crippen MR) is 113 cm³/mol. The lowest BCUT2D eigenvalue weighted by Gasteiger charge is -2.24. The largest absolute Gasteiger partial charge is 0.452 e. The molecule has 0 amide bonds. The van der Waals surface area contributed by atoms with Crippen LogP contribution in [0.2, 0.25) is 0 Å². The Morgan fingerprint density at radius 3 is 2.73 bits per heavy atom. The highest BCUT2D eigenvalue weighted by atomic mass is 35.5. The number of aromatic nitrogens is 2. The number of benzene rings is 1. The van der Waals surface area contributed by atoms with Crippen molar-refractivity contribution < 1.29 is 14.5 Å². The number of esters is 1. The summed E-state index contributed by atoms with van der Waals surface area (Å²) in [6.07, 6.45) is 2.78. The average molecular weight is 434 g/mol. The molecule has 10 heteroatoms. The van der Waals surface area contributed by atoms with Crippen LogP contribution in [0.25, 0.3) is 0 Å². The highest BCUT2D eigenvalue weighted by Crippen LogP contribution is 2.45. The lowest BCUT2D eigenvalue weighted by molar-refractivity contribution is -0.384. The maximum atomic E-state index is 12.6. The number of carbonyl (C=O) groups excluding carboxylic acids is 1. The summed E-state index contributed by atoms with van der Waals surface area (Å²) in [6.45, 7) is 5.81. The van der Waals surface area contributed by atoms with Crippen molar-refractivity contribution >= 4 is 29.9 Å². The molecule has 30 heavy (non-hydrogen) atoms. The third kappa shape index (κ3) is 4.36. The number of hydrogen-bond acceptors (Lipinski definition) is 8. The quantitative estimate of drug-likeness (QED) is 0.445. The standard InChI is InChI=1S/C20H23N5O4.ClH/c1-13-11-16(29-20(26)14-3-5-15(6-4-14)25(27)28)18-17(13)19(23-12-22-18)24-9-2-7-21-8-10-24;/h3-6,12-13,16,21H,2,7-11H2,1H3;1H/t13-,16-;/m1./s1. The molecule has 1 aliphatic heterocycles. The topological polar surface area (TPSA) is 110 Å². The first-order valence-electron chi connectivity index (χ1n) is 9.80. The molecule has 1 aromatic carbocycles. The van der Waals surface area contributed by atoms with Gasteiger partial charge < -0.3 is 15.0 Å². The minimum atomic E-state index is -0.510. The molecule has 1 aliphatic carbocycles. The first kappa shape index (κ1) is 21.9. The number of halogens is 1. The summed E-state index contributed by atoms with van der Waals surface area (Å²) < 4.78 is 5.73. The number of anilines is 1. The van der Waals surface area contributed by atoms with Gasteiger partial charge in [0.25, 0.3) is 5.69 Å². The van der Waals surface area contributed by atoms with Crippen molar-refractivity contribution in [2.75, 3.05) is 31.1 Å². The van der Waals surface area contributed by atoms with E-state index in [0.717, 1.165) is 49.7 Å². The van der Waals surface area contributed by atoms with Gasteiger partial charge in [0.1, 0.15) is 18.2 Å². The van der Waals surface area contributed by atoms with Crippen LogP contribution < -0.4 is 10.2 Å². The molecular formula is C20H24ClN5O4. The maximum Gasteiger partial charge on any atom is 0.338 e. The van der Waals surface area contributed by atoms with Crippen LogP contribution >= 0.6 is 12.4 Å². The second kappa shape index (κ2) is 9.36. The lowest BCUT2D eigenvalue weighted by atomic mass is 10.1. The van der Waals surface area contributed by atoms with Gasteiger partial charge in [-0.3, -0.25) is 10.1 Å². The SMILES string of the molecule is C[C@@H]1C[C@@H](OC(=O)c2ccc([N+](=O)[O-])cc2)c2ncnc(N3CCCNCC3)c21.Cl. The van der Waals surface area contributed by atoms with Crippen molar-refractivity contribution in [2.45, 2.75) is 31.8 Å².